The Kier molecular flexibility index (Phi) is 2.98. The molecule has 1 aliphatic heterocycles. The molecular formula is C12H16O. The van der Waals surface area contributed by atoms with E-state index in [2.05, 4.69) is 30.3 Å². The standard InChI is InChI=1S/C12H16O/c1-2-6-11(7-3-1)12-8-4-5-9-13-10-12/h1-3,6-7,12H,4-5,8-10H2. The van der Waals surface area contributed by atoms with Crippen LogP contribution in [0.2, 0.25) is 0 Å². The molecule has 1 aromatic carbocycles. The van der Waals surface area contributed by atoms with Gasteiger partial charge in [-0.3, -0.25) is 0 Å². The molecule has 0 N–H and O–H groups in total. The third-order valence-corrected chi connectivity index (χ3v) is 2.68. The first kappa shape index (κ1) is 8.76. The Labute approximate surface area is 79.7 Å². The average Bonchev–Trinajstić information content (AvgIpc) is 2.47. The monoisotopic (exact) mass is 176 g/mol. The molecule has 1 aromatic rings. The van der Waals surface area contributed by atoms with Crippen LogP contribution < -0.4 is 0 Å². The highest BCUT2D eigenvalue weighted by atomic mass is 16.5. The van der Waals surface area contributed by atoms with Crippen LogP contribution in [0.15, 0.2) is 30.3 Å². The second-order valence-electron chi connectivity index (χ2n) is 3.68. The van der Waals surface area contributed by atoms with Crippen molar-refractivity contribution in [3.63, 3.8) is 0 Å². The van der Waals surface area contributed by atoms with Crippen LogP contribution in [-0.2, 0) is 4.74 Å². The SMILES string of the molecule is c1ccc(C2CCCCOC2)cc1. The Morgan fingerprint density at radius 1 is 1.08 bits per heavy atom. The lowest BCUT2D eigenvalue weighted by molar-refractivity contribution is 0.134. The van der Waals surface area contributed by atoms with Gasteiger partial charge in [0.2, 0.25) is 0 Å². The summed E-state index contributed by atoms with van der Waals surface area (Å²) in [7, 11) is 0. The van der Waals surface area contributed by atoms with E-state index in [1.54, 1.807) is 0 Å². The van der Waals surface area contributed by atoms with Gasteiger partial charge in [-0.2, -0.15) is 0 Å². The molecule has 1 atom stereocenters. The summed E-state index contributed by atoms with van der Waals surface area (Å²) in [6, 6.07) is 10.7. The minimum Gasteiger partial charge on any atom is -0.381 e. The minimum atomic E-state index is 0.628. The summed E-state index contributed by atoms with van der Waals surface area (Å²) in [6.45, 7) is 1.85. The summed E-state index contributed by atoms with van der Waals surface area (Å²) in [5.41, 5.74) is 1.43. The van der Waals surface area contributed by atoms with E-state index in [4.69, 9.17) is 4.74 Å². The lowest BCUT2D eigenvalue weighted by atomic mass is 9.95. The van der Waals surface area contributed by atoms with Crippen molar-refractivity contribution in [1.29, 1.82) is 0 Å². The molecule has 0 radical (unpaired) electrons. The maximum Gasteiger partial charge on any atom is 0.0534 e. The number of benzene rings is 1. The van der Waals surface area contributed by atoms with Crippen molar-refractivity contribution < 1.29 is 4.74 Å². The predicted octanol–water partition coefficient (Wildman–Crippen LogP) is 2.97. The van der Waals surface area contributed by atoms with Crippen molar-refractivity contribution in [3.8, 4) is 0 Å². The lowest BCUT2D eigenvalue weighted by Gasteiger charge is -2.13. The van der Waals surface area contributed by atoms with Gasteiger partial charge in [0.1, 0.15) is 0 Å². The van der Waals surface area contributed by atoms with Crippen molar-refractivity contribution in [2.24, 2.45) is 0 Å². The molecule has 1 saturated heterocycles. The van der Waals surface area contributed by atoms with Gasteiger partial charge in [0.15, 0.2) is 0 Å². The lowest BCUT2D eigenvalue weighted by Crippen LogP contribution is -2.04. The average molecular weight is 176 g/mol. The molecule has 1 heterocycles. The number of ether oxygens (including phenoxy) is 1. The maximum absolute atomic E-state index is 5.56. The van der Waals surface area contributed by atoms with Crippen LogP contribution in [0.4, 0.5) is 0 Å². The molecule has 0 bridgehead atoms. The van der Waals surface area contributed by atoms with Gasteiger partial charge >= 0.3 is 0 Å². The smallest absolute Gasteiger partial charge is 0.0534 e. The van der Waals surface area contributed by atoms with E-state index in [1.165, 1.54) is 24.8 Å². The summed E-state index contributed by atoms with van der Waals surface area (Å²) in [4.78, 5) is 0. The maximum atomic E-state index is 5.56. The molecule has 13 heavy (non-hydrogen) atoms. The number of rotatable bonds is 1. The Morgan fingerprint density at radius 2 is 1.92 bits per heavy atom. The molecule has 0 spiro atoms. The Hall–Kier alpha value is -0.820. The highest BCUT2D eigenvalue weighted by molar-refractivity contribution is 5.19. The summed E-state index contributed by atoms with van der Waals surface area (Å²) in [6.07, 6.45) is 3.81. The van der Waals surface area contributed by atoms with E-state index in [9.17, 15) is 0 Å². The van der Waals surface area contributed by atoms with Gasteiger partial charge in [-0.1, -0.05) is 36.8 Å². The summed E-state index contributed by atoms with van der Waals surface area (Å²) >= 11 is 0. The molecule has 0 aliphatic carbocycles. The first-order valence-electron chi connectivity index (χ1n) is 5.09. The molecule has 0 aromatic heterocycles. The molecule has 0 amide bonds. The quantitative estimate of drug-likeness (QED) is 0.639. The van der Waals surface area contributed by atoms with Gasteiger partial charge in [-0.25, -0.2) is 0 Å². The van der Waals surface area contributed by atoms with E-state index < -0.39 is 0 Å². The normalized spacial score (nSPS) is 23.8. The van der Waals surface area contributed by atoms with Crippen molar-refractivity contribution in [3.05, 3.63) is 35.9 Å². The van der Waals surface area contributed by atoms with E-state index in [-0.39, 0.29) is 0 Å². The zero-order valence-corrected chi connectivity index (χ0v) is 7.91. The van der Waals surface area contributed by atoms with E-state index >= 15 is 0 Å². The molecule has 1 fully saturated rings. The summed E-state index contributed by atoms with van der Waals surface area (Å²) < 4.78 is 5.56. The van der Waals surface area contributed by atoms with Gasteiger partial charge < -0.3 is 4.74 Å². The van der Waals surface area contributed by atoms with E-state index in [0.717, 1.165) is 13.2 Å². The summed E-state index contributed by atoms with van der Waals surface area (Å²) in [5, 5.41) is 0. The molecule has 0 saturated carbocycles. The van der Waals surface area contributed by atoms with Crippen LogP contribution in [0.5, 0.6) is 0 Å². The summed E-state index contributed by atoms with van der Waals surface area (Å²) in [5.74, 6) is 0.628. The van der Waals surface area contributed by atoms with Gasteiger partial charge in [0, 0.05) is 12.5 Å². The van der Waals surface area contributed by atoms with E-state index in [0.29, 0.717) is 5.92 Å². The van der Waals surface area contributed by atoms with Gasteiger partial charge in [-0.05, 0) is 18.4 Å². The third-order valence-electron chi connectivity index (χ3n) is 2.68. The molecule has 70 valence electrons. The second kappa shape index (κ2) is 4.43. The van der Waals surface area contributed by atoms with Crippen LogP contribution in [-0.4, -0.2) is 13.2 Å². The van der Waals surface area contributed by atoms with Gasteiger partial charge in [-0.15, -0.1) is 0 Å². The molecule has 1 nitrogen and oxygen atoms in total. The van der Waals surface area contributed by atoms with Crippen LogP contribution >= 0.6 is 0 Å². The highest BCUT2D eigenvalue weighted by Gasteiger charge is 2.13. The third kappa shape index (κ3) is 2.31. The zero-order valence-electron chi connectivity index (χ0n) is 7.91. The Morgan fingerprint density at radius 3 is 2.77 bits per heavy atom. The van der Waals surface area contributed by atoms with E-state index in [1.807, 2.05) is 0 Å². The fraction of sp³-hybridized carbons (Fsp3) is 0.500. The van der Waals surface area contributed by atoms with Gasteiger partial charge in [0.25, 0.3) is 0 Å². The Bertz CT molecular complexity index is 235. The molecule has 1 aliphatic rings. The van der Waals surface area contributed by atoms with Crippen molar-refractivity contribution >= 4 is 0 Å². The number of hydrogen-bond donors (Lipinski definition) is 0. The first-order valence-corrected chi connectivity index (χ1v) is 5.09. The largest absolute Gasteiger partial charge is 0.381 e. The zero-order chi connectivity index (χ0) is 8.93. The van der Waals surface area contributed by atoms with Crippen molar-refractivity contribution in [2.45, 2.75) is 25.2 Å². The van der Waals surface area contributed by atoms with Crippen LogP contribution in [0.1, 0.15) is 30.7 Å². The van der Waals surface area contributed by atoms with Crippen LogP contribution in [0.25, 0.3) is 0 Å². The highest BCUT2D eigenvalue weighted by Crippen LogP contribution is 2.24. The van der Waals surface area contributed by atoms with Gasteiger partial charge in [0.05, 0.1) is 6.61 Å². The molecular weight excluding hydrogens is 160 g/mol. The molecule has 2 rings (SSSR count). The predicted molar refractivity (Wildman–Crippen MR) is 53.9 cm³/mol. The minimum absolute atomic E-state index is 0.628. The van der Waals surface area contributed by atoms with Crippen LogP contribution in [0, 0.1) is 0 Å². The first-order chi connectivity index (χ1) is 6.47. The van der Waals surface area contributed by atoms with Crippen LogP contribution in [0.3, 0.4) is 0 Å². The second-order valence-corrected chi connectivity index (χ2v) is 3.68. The molecule has 1 unspecified atom stereocenters. The Balaban J connectivity index is 2.06. The fourth-order valence-electron chi connectivity index (χ4n) is 1.89. The topological polar surface area (TPSA) is 9.23 Å². The van der Waals surface area contributed by atoms with Crippen molar-refractivity contribution in [2.75, 3.05) is 13.2 Å². The van der Waals surface area contributed by atoms with Crippen molar-refractivity contribution in [1.82, 2.24) is 0 Å². The number of hydrogen-bond acceptors (Lipinski definition) is 1. The molecule has 1 heteroatoms. The fourth-order valence-corrected chi connectivity index (χ4v) is 1.89.